The van der Waals surface area contributed by atoms with Crippen LogP contribution in [0.1, 0.15) is 49.4 Å². The summed E-state index contributed by atoms with van der Waals surface area (Å²) in [4.78, 5) is 12.0. The number of nitrogens with one attached hydrogen (secondary N) is 1. The zero-order chi connectivity index (χ0) is 14.5. The minimum absolute atomic E-state index is 0.0339. The van der Waals surface area contributed by atoms with Crippen LogP contribution in [0.4, 0.5) is 5.69 Å². The van der Waals surface area contributed by atoms with Crippen LogP contribution in [0.3, 0.4) is 0 Å². The Morgan fingerprint density at radius 3 is 2.70 bits per heavy atom. The SMILES string of the molecule is CC1CCC(CCNC(=O)c2ccc(Br)c(N)c2)CC1. The molecule has 1 saturated carbocycles. The highest BCUT2D eigenvalue weighted by atomic mass is 79.9. The molecule has 0 saturated heterocycles. The number of carbonyl (C=O) groups is 1. The number of anilines is 1. The van der Waals surface area contributed by atoms with Crippen LogP contribution in [0.2, 0.25) is 0 Å². The lowest BCUT2D eigenvalue weighted by molar-refractivity contribution is 0.0949. The summed E-state index contributed by atoms with van der Waals surface area (Å²) in [6.45, 7) is 3.09. The number of benzene rings is 1. The van der Waals surface area contributed by atoms with E-state index >= 15 is 0 Å². The Kier molecular flexibility index (Phi) is 5.46. The van der Waals surface area contributed by atoms with Gasteiger partial charge in [0.1, 0.15) is 0 Å². The minimum Gasteiger partial charge on any atom is -0.398 e. The maximum Gasteiger partial charge on any atom is 0.251 e. The van der Waals surface area contributed by atoms with Crippen LogP contribution in [0, 0.1) is 11.8 Å². The molecule has 1 aliphatic carbocycles. The van der Waals surface area contributed by atoms with Crippen molar-refractivity contribution in [1.82, 2.24) is 5.32 Å². The molecule has 110 valence electrons. The van der Waals surface area contributed by atoms with Gasteiger partial charge in [0.15, 0.2) is 0 Å². The van der Waals surface area contributed by atoms with E-state index in [1.54, 1.807) is 12.1 Å². The van der Waals surface area contributed by atoms with E-state index in [4.69, 9.17) is 5.73 Å². The van der Waals surface area contributed by atoms with Gasteiger partial charge in [-0.1, -0.05) is 32.6 Å². The van der Waals surface area contributed by atoms with Gasteiger partial charge in [-0.05, 0) is 52.4 Å². The van der Waals surface area contributed by atoms with Gasteiger partial charge in [-0.2, -0.15) is 0 Å². The fourth-order valence-electron chi connectivity index (χ4n) is 2.79. The van der Waals surface area contributed by atoms with Gasteiger partial charge in [-0.3, -0.25) is 4.79 Å². The van der Waals surface area contributed by atoms with Gasteiger partial charge in [-0.25, -0.2) is 0 Å². The zero-order valence-corrected chi connectivity index (χ0v) is 13.6. The molecule has 1 fully saturated rings. The van der Waals surface area contributed by atoms with Crippen LogP contribution in [0.5, 0.6) is 0 Å². The maximum absolute atomic E-state index is 12.0. The molecule has 0 spiro atoms. The fourth-order valence-corrected chi connectivity index (χ4v) is 3.04. The molecule has 20 heavy (non-hydrogen) atoms. The van der Waals surface area contributed by atoms with Crippen molar-refractivity contribution in [2.75, 3.05) is 12.3 Å². The van der Waals surface area contributed by atoms with Crippen molar-refractivity contribution >= 4 is 27.5 Å². The number of nitrogen functional groups attached to an aromatic ring is 1. The molecule has 3 N–H and O–H groups in total. The second-order valence-corrected chi connectivity index (χ2v) is 6.76. The van der Waals surface area contributed by atoms with Crippen LogP contribution in [0.15, 0.2) is 22.7 Å². The van der Waals surface area contributed by atoms with Crippen molar-refractivity contribution < 1.29 is 4.79 Å². The van der Waals surface area contributed by atoms with E-state index in [0.29, 0.717) is 11.3 Å². The highest BCUT2D eigenvalue weighted by molar-refractivity contribution is 9.10. The third-order valence-electron chi connectivity index (χ3n) is 4.23. The molecule has 0 atom stereocenters. The molecule has 1 aliphatic rings. The lowest BCUT2D eigenvalue weighted by Gasteiger charge is -2.26. The van der Waals surface area contributed by atoms with E-state index in [1.807, 2.05) is 6.07 Å². The molecule has 1 aromatic carbocycles. The normalized spacial score (nSPS) is 22.5. The minimum atomic E-state index is -0.0339. The molecule has 2 rings (SSSR count). The third-order valence-corrected chi connectivity index (χ3v) is 4.95. The molecule has 0 unspecified atom stereocenters. The fraction of sp³-hybridized carbons (Fsp3) is 0.562. The lowest BCUT2D eigenvalue weighted by atomic mass is 9.81. The largest absolute Gasteiger partial charge is 0.398 e. The first-order chi connectivity index (χ1) is 9.56. The summed E-state index contributed by atoms with van der Waals surface area (Å²) >= 11 is 3.33. The number of hydrogen-bond acceptors (Lipinski definition) is 2. The molecular weight excluding hydrogens is 316 g/mol. The van der Waals surface area contributed by atoms with Crippen LogP contribution >= 0.6 is 15.9 Å². The zero-order valence-electron chi connectivity index (χ0n) is 12.0. The monoisotopic (exact) mass is 338 g/mol. The van der Waals surface area contributed by atoms with Gasteiger partial charge in [0.2, 0.25) is 0 Å². The van der Waals surface area contributed by atoms with E-state index < -0.39 is 0 Å². The second-order valence-electron chi connectivity index (χ2n) is 5.91. The summed E-state index contributed by atoms with van der Waals surface area (Å²) in [5.41, 5.74) is 7.01. The summed E-state index contributed by atoms with van der Waals surface area (Å²) in [6, 6.07) is 5.31. The molecule has 0 bridgehead atoms. The molecule has 1 aromatic rings. The molecule has 4 heteroatoms. The number of amides is 1. The van der Waals surface area contributed by atoms with Crippen molar-refractivity contribution in [3.8, 4) is 0 Å². The lowest BCUT2D eigenvalue weighted by Crippen LogP contribution is -2.27. The van der Waals surface area contributed by atoms with Gasteiger partial charge >= 0.3 is 0 Å². The van der Waals surface area contributed by atoms with Crippen LogP contribution in [0.25, 0.3) is 0 Å². The van der Waals surface area contributed by atoms with Gasteiger partial charge < -0.3 is 11.1 Å². The van der Waals surface area contributed by atoms with E-state index in [0.717, 1.165) is 29.3 Å². The van der Waals surface area contributed by atoms with Crippen LogP contribution in [-0.2, 0) is 0 Å². The van der Waals surface area contributed by atoms with Crippen molar-refractivity contribution in [2.45, 2.75) is 39.0 Å². The molecule has 0 aromatic heterocycles. The smallest absolute Gasteiger partial charge is 0.251 e. The first kappa shape index (κ1) is 15.4. The van der Waals surface area contributed by atoms with Crippen LogP contribution < -0.4 is 11.1 Å². The maximum atomic E-state index is 12.0. The number of hydrogen-bond donors (Lipinski definition) is 2. The standard InChI is InChI=1S/C16H23BrN2O/c1-11-2-4-12(5-3-11)8-9-19-16(20)13-6-7-14(17)15(18)10-13/h6-7,10-12H,2-5,8-9,18H2,1H3,(H,19,20). The topological polar surface area (TPSA) is 55.1 Å². The summed E-state index contributed by atoms with van der Waals surface area (Å²) in [5.74, 6) is 1.63. The summed E-state index contributed by atoms with van der Waals surface area (Å²) < 4.78 is 0.824. The Hall–Kier alpha value is -1.03. The Bertz CT molecular complexity index is 468. The van der Waals surface area contributed by atoms with E-state index in [9.17, 15) is 4.79 Å². The van der Waals surface area contributed by atoms with Crippen LogP contribution in [-0.4, -0.2) is 12.5 Å². The Labute approximate surface area is 129 Å². The average molecular weight is 339 g/mol. The summed E-state index contributed by atoms with van der Waals surface area (Å²) in [7, 11) is 0. The Morgan fingerprint density at radius 2 is 2.05 bits per heavy atom. The van der Waals surface area contributed by atoms with Gasteiger partial charge in [-0.15, -0.1) is 0 Å². The van der Waals surface area contributed by atoms with Gasteiger partial charge in [0.25, 0.3) is 5.91 Å². The summed E-state index contributed by atoms with van der Waals surface area (Å²) in [5, 5.41) is 2.99. The molecule has 0 heterocycles. The second kappa shape index (κ2) is 7.11. The van der Waals surface area contributed by atoms with E-state index in [1.165, 1.54) is 25.7 Å². The number of halogens is 1. The highest BCUT2D eigenvalue weighted by Crippen LogP contribution is 2.30. The van der Waals surface area contributed by atoms with Crippen molar-refractivity contribution in [3.05, 3.63) is 28.2 Å². The van der Waals surface area contributed by atoms with Crippen molar-refractivity contribution in [1.29, 1.82) is 0 Å². The first-order valence-corrected chi connectivity index (χ1v) is 8.18. The number of nitrogens with two attached hydrogens (primary N) is 1. The highest BCUT2D eigenvalue weighted by Gasteiger charge is 2.18. The van der Waals surface area contributed by atoms with Crippen molar-refractivity contribution in [3.63, 3.8) is 0 Å². The van der Waals surface area contributed by atoms with E-state index in [2.05, 4.69) is 28.2 Å². The molecule has 0 aliphatic heterocycles. The number of rotatable bonds is 4. The molecule has 1 amide bonds. The quantitative estimate of drug-likeness (QED) is 0.816. The third kappa shape index (κ3) is 4.23. The predicted molar refractivity (Wildman–Crippen MR) is 86.6 cm³/mol. The molecule has 0 radical (unpaired) electrons. The number of carbonyl (C=O) groups excluding carboxylic acids is 1. The van der Waals surface area contributed by atoms with Crippen molar-refractivity contribution in [2.24, 2.45) is 11.8 Å². The van der Waals surface area contributed by atoms with Gasteiger partial charge in [0.05, 0.1) is 0 Å². The Morgan fingerprint density at radius 1 is 1.35 bits per heavy atom. The summed E-state index contributed by atoms with van der Waals surface area (Å²) in [6.07, 6.45) is 6.37. The molecule has 3 nitrogen and oxygen atoms in total. The Balaban J connectivity index is 1.76. The first-order valence-electron chi connectivity index (χ1n) is 7.39. The van der Waals surface area contributed by atoms with Gasteiger partial charge in [0, 0.05) is 22.3 Å². The van der Waals surface area contributed by atoms with E-state index in [-0.39, 0.29) is 5.91 Å². The molecular formula is C16H23BrN2O. The predicted octanol–water partition coefficient (Wildman–Crippen LogP) is 3.98. The average Bonchev–Trinajstić information content (AvgIpc) is 2.44.